The first kappa shape index (κ1) is 14.1. The smallest absolute Gasteiger partial charge is 0.227 e. The Balaban J connectivity index is 0.00000128. The van der Waals surface area contributed by atoms with Gasteiger partial charge < -0.3 is 10.2 Å². The molecule has 0 radical (unpaired) electrons. The van der Waals surface area contributed by atoms with Crippen molar-refractivity contribution < 1.29 is 4.79 Å². The number of nitrogens with one attached hydrogen (secondary N) is 1. The summed E-state index contributed by atoms with van der Waals surface area (Å²) in [7, 11) is 0. The van der Waals surface area contributed by atoms with Gasteiger partial charge in [-0.2, -0.15) is 11.8 Å². The zero-order valence-electron chi connectivity index (χ0n) is 9.78. The van der Waals surface area contributed by atoms with E-state index in [1.165, 1.54) is 0 Å². The molecule has 2 aliphatic heterocycles. The van der Waals surface area contributed by atoms with Crippen molar-refractivity contribution in [3.05, 3.63) is 0 Å². The van der Waals surface area contributed by atoms with Crippen LogP contribution in [0.3, 0.4) is 0 Å². The minimum absolute atomic E-state index is 0. The molecule has 5 heteroatoms. The number of nitrogens with zero attached hydrogens (tertiary/aromatic N) is 1. The summed E-state index contributed by atoms with van der Waals surface area (Å²) >= 11 is 1.96. The molecule has 0 spiro atoms. The number of carbonyl (C=O) groups excluding carboxylic acids is 1. The Hall–Kier alpha value is 0.0700. The molecule has 2 atom stereocenters. The fourth-order valence-electron chi connectivity index (χ4n) is 2.51. The van der Waals surface area contributed by atoms with Gasteiger partial charge in [0.15, 0.2) is 0 Å². The number of hydrogen-bond acceptors (Lipinski definition) is 3. The third-order valence-electron chi connectivity index (χ3n) is 3.43. The van der Waals surface area contributed by atoms with Crippen LogP contribution in [0.1, 0.15) is 19.8 Å². The van der Waals surface area contributed by atoms with Crippen LogP contribution in [0.4, 0.5) is 0 Å². The summed E-state index contributed by atoms with van der Waals surface area (Å²) in [5, 5.41) is 3.42. The van der Waals surface area contributed by atoms with Crippen molar-refractivity contribution in [2.75, 3.05) is 31.1 Å². The Morgan fingerprint density at radius 2 is 2.12 bits per heavy atom. The predicted octanol–water partition coefficient (Wildman–Crippen LogP) is 1.37. The van der Waals surface area contributed by atoms with E-state index >= 15 is 0 Å². The molecule has 2 aliphatic rings. The van der Waals surface area contributed by atoms with Gasteiger partial charge in [-0.15, -0.1) is 12.4 Å². The number of rotatable bonds is 2. The van der Waals surface area contributed by atoms with E-state index in [9.17, 15) is 4.79 Å². The SMILES string of the molecule is CCC1NCCC1C(=O)N1CCSCC1.Cl. The normalized spacial score (nSPS) is 29.9. The number of carbonyl (C=O) groups is 1. The van der Waals surface area contributed by atoms with Crippen LogP contribution in [0.5, 0.6) is 0 Å². The minimum Gasteiger partial charge on any atom is -0.341 e. The molecular formula is C11H21ClN2OS. The van der Waals surface area contributed by atoms with Crippen LogP contribution in [0.25, 0.3) is 0 Å². The maximum atomic E-state index is 12.2. The van der Waals surface area contributed by atoms with Gasteiger partial charge in [-0.25, -0.2) is 0 Å². The first-order valence-electron chi connectivity index (χ1n) is 5.93. The van der Waals surface area contributed by atoms with Gasteiger partial charge >= 0.3 is 0 Å². The van der Waals surface area contributed by atoms with E-state index in [-0.39, 0.29) is 18.3 Å². The Kier molecular flexibility index (Phi) is 5.94. The Morgan fingerprint density at radius 3 is 2.75 bits per heavy atom. The third kappa shape index (κ3) is 3.05. The fraction of sp³-hybridized carbons (Fsp3) is 0.909. The molecule has 2 heterocycles. The number of halogens is 1. The molecule has 0 aliphatic carbocycles. The second-order valence-electron chi connectivity index (χ2n) is 4.30. The Bertz CT molecular complexity index is 234. The molecule has 94 valence electrons. The highest BCUT2D eigenvalue weighted by Gasteiger charge is 2.34. The van der Waals surface area contributed by atoms with Crippen molar-refractivity contribution in [3.63, 3.8) is 0 Å². The summed E-state index contributed by atoms with van der Waals surface area (Å²) in [6.45, 7) is 5.08. The van der Waals surface area contributed by atoms with Crippen molar-refractivity contribution in [2.45, 2.75) is 25.8 Å². The molecule has 2 rings (SSSR count). The van der Waals surface area contributed by atoms with Crippen LogP contribution < -0.4 is 5.32 Å². The third-order valence-corrected chi connectivity index (χ3v) is 4.37. The van der Waals surface area contributed by atoms with E-state index in [4.69, 9.17) is 0 Å². The molecule has 16 heavy (non-hydrogen) atoms. The molecule has 1 N–H and O–H groups in total. The Morgan fingerprint density at radius 1 is 1.44 bits per heavy atom. The first-order valence-corrected chi connectivity index (χ1v) is 7.08. The first-order chi connectivity index (χ1) is 7.33. The van der Waals surface area contributed by atoms with Crippen LogP contribution in [0.2, 0.25) is 0 Å². The molecule has 0 aromatic carbocycles. The monoisotopic (exact) mass is 264 g/mol. The van der Waals surface area contributed by atoms with Crippen molar-refractivity contribution >= 4 is 30.1 Å². The fourth-order valence-corrected chi connectivity index (χ4v) is 3.41. The number of thioether (sulfide) groups is 1. The molecule has 0 aromatic heterocycles. The van der Waals surface area contributed by atoms with Gasteiger partial charge in [0.25, 0.3) is 0 Å². The molecule has 2 saturated heterocycles. The summed E-state index contributed by atoms with van der Waals surface area (Å²) < 4.78 is 0. The van der Waals surface area contributed by atoms with Crippen molar-refractivity contribution in [3.8, 4) is 0 Å². The lowest BCUT2D eigenvalue weighted by Gasteiger charge is -2.30. The maximum absolute atomic E-state index is 12.2. The second-order valence-corrected chi connectivity index (χ2v) is 5.53. The van der Waals surface area contributed by atoms with Crippen molar-refractivity contribution in [1.29, 1.82) is 0 Å². The van der Waals surface area contributed by atoms with E-state index in [2.05, 4.69) is 17.1 Å². The lowest BCUT2D eigenvalue weighted by atomic mass is 9.97. The average Bonchev–Trinajstić information content (AvgIpc) is 2.77. The lowest BCUT2D eigenvalue weighted by molar-refractivity contribution is -0.135. The van der Waals surface area contributed by atoms with Crippen LogP contribution in [-0.4, -0.2) is 48.0 Å². The highest BCUT2D eigenvalue weighted by atomic mass is 35.5. The molecule has 2 unspecified atom stereocenters. The van der Waals surface area contributed by atoms with E-state index in [1.807, 2.05) is 11.8 Å². The van der Waals surface area contributed by atoms with Gasteiger partial charge in [0, 0.05) is 30.6 Å². The summed E-state index contributed by atoms with van der Waals surface area (Å²) in [5.41, 5.74) is 0. The van der Waals surface area contributed by atoms with E-state index in [1.54, 1.807) is 0 Å². The molecule has 0 saturated carbocycles. The van der Waals surface area contributed by atoms with Gasteiger partial charge in [-0.1, -0.05) is 6.92 Å². The lowest BCUT2D eigenvalue weighted by Crippen LogP contribution is -2.44. The van der Waals surface area contributed by atoms with E-state index in [0.29, 0.717) is 11.9 Å². The van der Waals surface area contributed by atoms with E-state index in [0.717, 1.165) is 44.0 Å². The quantitative estimate of drug-likeness (QED) is 0.818. The summed E-state index contributed by atoms with van der Waals surface area (Å²) in [5.74, 6) is 2.87. The summed E-state index contributed by atoms with van der Waals surface area (Å²) in [4.78, 5) is 14.3. The van der Waals surface area contributed by atoms with Gasteiger partial charge in [0.1, 0.15) is 0 Å². The molecule has 3 nitrogen and oxygen atoms in total. The van der Waals surface area contributed by atoms with Crippen molar-refractivity contribution in [1.82, 2.24) is 10.2 Å². The summed E-state index contributed by atoms with van der Waals surface area (Å²) in [6.07, 6.45) is 2.10. The molecule has 2 fully saturated rings. The van der Waals surface area contributed by atoms with E-state index < -0.39 is 0 Å². The molecule has 1 amide bonds. The van der Waals surface area contributed by atoms with Crippen LogP contribution in [0, 0.1) is 5.92 Å². The molecular weight excluding hydrogens is 244 g/mol. The zero-order chi connectivity index (χ0) is 10.7. The highest BCUT2D eigenvalue weighted by Crippen LogP contribution is 2.22. The zero-order valence-corrected chi connectivity index (χ0v) is 11.4. The number of amides is 1. The predicted molar refractivity (Wildman–Crippen MR) is 71.3 cm³/mol. The topological polar surface area (TPSA) is 32.3 Å². The summed E-state index contributed by atoms with van der Waals surface area (Å²) in [6, 6.07) is 0.423. The highest BCUT2D eigenvalue weighted by molar-refractivity contribution is 7.99. The van der Waals surface area contributed by atoms with Crippen LogP contribution >= 0.6 is 24.2 Å². The second kappa shape index (κ2) is 6.72. The van der Waals surface area contributed by atoms with Gasteiger partial charge in [-0.05, 0) is 19.4 Å². The maximum Gasteiger partial charge on any atom is 0.227 e. The van der Waals surface area contributed by atoms with Crippen LogP contribution in [0.15, 0.2) is 0 Å². The van der Waals surface area contributed by atoms with Gasteiger partial charge in [0.05, 0.1) is 5.92 Å². The largest absolute Gasteiger partial charge is 0.341 e. The van der Waals surface area contributed by atoms with Crippen LogP contribution in [-0.2, 0) is 4.79 Å². The molecule has 0 bridgehead atoms. The number of hydrogen-bond donors (Lipinski definition) is 1. The standard InChI is InChI=1S/C11H20N2OS.ClH/c1-2-10-9(3-4-12-10)11(14)13-5-7-15-8-6-13;/h9-10,12H,2-8H2,1H3;1H. The van der Waals surface area contributed by atoms with Crippen molar-refractivity contribution in [2.24, 2.45) is 5.92 Å². The Labute approximate surface area is 108 Å². The molecule has 0 aromatic rings. The minimum atomic E-state index is 0. The average molecular weight is 265 g/mol. The van der Waals surface area contributed by atoms with Gasteiger partial charge in [0.2, 0.25) is 5.91 Å². The van der Waals surface area contributed by atoms with Gasteiger partial charge in [-0.3, -0.25) is 4.79 Å².